The fraction of sp³-hybridized carbons (Fsp3) is 0.176. The Balaban J connectivity index is 0.000000208. The van der Waals surface area contributed by atoms with E-state index in [2.05, 4.69) is 121 Å². The minimum absolute atomic E-state index is 0. The molecule has 0 amide bonds. The SMILES string of the molecule is [2H]C(C)(C)c1cc(-c2[c-]cccc2)ncc1[Si](C)(C)C.[2H]C(C)(C)c1ccnc(-c2[c-]cc(-c3ccccc3)c3c2oc2cc4c(ccc5ccccc54)cc23)c1.[Ir]. The predicted molar refractivity (Wildman–Crippen MR) is 236 cm³/mol. The molecular formula is C51H46IrN2OSi-2. The van der Waals surface area contributed by atoms with Crippen molar-refractivity contribution in [1.82, 2.24) is 9.97 Å². The molecule has 0 unspecified atom stereocenters. The zero-order valence-electron chi connectivity index (χ0n) is 34.9. The van der Waals surface area contributed by atoms with Gasteiger partial charge in [0, 0.05) is 40.6 Å². The van der Waals surface area contributed by atoms with E-state index in [1.807, 2.05) is 82.4 Å². The van der Waals surface area contributed by atoms with Gasteiger partial charge in [-0.2, -0.15) is 0 Å². The van der Waals surface area contributed by atoms with Crippen molar-refractivity contribution in [3.05, 3.63) is 163 Å². The van der Waals surface area contributed by atoms with Gasteiger partial charge in [0.2, 0.25) is 0 Å². The first kappa shape index (κ1) is 36.4. The normalized spacial score (nSPS) is 12.6. The molecule has 0 N–H and O–H groups in total. The van der Waals surface area contributed by atoms with Gasteiger partial charge in [0.15, 0.2) is 0 Å². The van der Waals surface area contributed by atoms with Crippen LogP contribution in [0, 0.1) is 12.1 Å². The van der Waals surface area contributed by atoms with Gasteiger partial charge in [0.25, 0.3) is 0 Å². The van der Waals surface area contributed by atoms with E-state index in [1.54, 1.807) is 6.20 Å². The third-order valence-electron chi connectivity index (χ3n) is 10.3. The average molecular weight is 925 g/mol. The Morgan fingerprint density at radius 1 is 0.679 bits per heavy atom. The maximum Gasteiger partial charge on any atom is 0.121 e. The van der Waals surface area contributed by atoms with E-state index in [-0.39, 0.29) is 20.1 Å². The van der Waals surface area contributed by atoms with Crippen LogP contribution in [0.1, 0.15) is 53.4 Å². The molecule has 0 fully saturated rings. The molecule has 1 radical (unpaired) electrons. The van der Waals surface area contributed by atoms with Crippen molar-refractivity contribution >= 4 is 56.7 Å². The maximum absolute atomic E-state index is 8.52. The quantitative estimate of drug-likeness (QED) is 0.0947. The molecule has 0 saturated heterocycles. The number of fused-ring (bicyclic) bond motifs is 6. The van der Waals surface area contributed by atoms with Crippen molar-refractivity contribution in [3.63, 3.8) is 0 Å². The molecule has 3 heterocycles. The van der Waals surface area contributed by atoms with E-state index in [4.69, 9.17) is 7.16 Å². The summed E-state index contributed by atoms with van der Waals surface area (Å²) in [6.45, 7) is 14.6. The number of benzene rings is 6. The van der Waals surface area contributed by atoms with Crippen molar-refractivity contribution in [2.45, 2.75) is 59.1 Å². The van der Waals surface area contributed by atoms with E-state index < -0.39 is 19.9 Å². The standard InChI is InChI=1S/C34H24NO.C17H22NSi.Ir/c1-21(2)24-16-17-35-31(19-24)28-15-14-27(22-8-4-3-5-9-22)33-30-18-25-13-12-23-10-6-7-11-26(23)29(25)20-32(30)36-34(28)33;1-13(2)15-11-16(14-9-7-6-8-10-14)18-12-17(15)19(3,4)5;/h3-14,16-21H,1-2H3;6-9,11-13H,1-5H3;/q2*-1;/i21D;13D;. The number of pyridine rings is 2. The first-order valence-electron chi connectivity index (χ1n) is 19.9. The van der Waals surface area contributed by atoms with Gasteiger partial charge in [-0.05, 0) is 73.5 Å². The molecule has 0 aliphatic heterocycles. The van der Waals surface area contributed by atoms with Crippen LogP contribution in [0.25, 0.3) is 77.1 Å². The van der Waals surface area contributed by atoms with Crippen molar-refractivity contribution in [2.75, 3.05) is 0 Å². The first-order valence-corrected chi connectivity index (χ1v) is 22.4. The van der Waals surface area contributed by atoms with Crippen LogP contribution in [0.3, 0.4) is 0 Å². The fourth-order valence-corrected chi connectivity index (χ4v) is 8.99. The van der Waals surface area contributed by atoms with Gasteiger partial charge >= 0.3 is 0 Å². The van der Waals surface area contributed by atoms with E-state index in [0.29, 0.717) is 0 Å². The summed E-state index contributed by atoms with van der Waals surface area (Å²) in [6, 6.07) is 50.2. The Bertz CT molecular complexity index is 2910. The molecule has 0 saturated carbocycles. The second-order valence-electron chi connectivity index (χ2n) is 15.7. The van der Waals surface area contributed by atoms with Crippen molar-refractivity contribution in [3.8, 4) is 33.6 Å². The summed E-state index contributed by atoms with van der Waals surface area (Å²) >= 11 is 0. The van der Waals surface area contributed by atoms with Crippen molar-refractivity contribution < 1.29 is 27.3 Å². The monoisotopic (exact) mass is 925 g/mol. The van der Waals surface area contributed by atoms with E-state index in [9.17, 15) is 0 Å². The molecule has 9 aromatic rings. The summed E-state index contributed by atoms with van der Waals surface area (Å²) in [5, 5.41) is 8.18. The second kappa shape index (κ2) is 16.1. The van der Waals surface area contributed by atoms with Crippen LogP contribution >= 0.6 is 0 Å². The van der Waals surface area contributed by atoms with E-state index in [1.165, 1.54) is 26.7 Å². The summed E-state index contributed by atoms with van der Waals surface area (Å²) in [5.41, 5.74) is 9.27. The molecule has 6 aromatic carbocycles. The van der Waals surface area contributed by atoms with Gasteiger partial charge in [-0.25, -0.2) is 0 Å². The molecule has 0 aliphatic rings. The molecule has 3 aromatic heterocycles. The molecule has 9 rings (SSSR count). The number of aromatic nitrogens is 2. The van der Waals surface area contributed by atoms with Crippen LogP contribution in [0.4, 0.5) is 0 Å². The van der Waals surface area contributed by atoms with Crippen molar-refractivity contribution in [2.24, 2.45) is 0 Å². The second-order valence-corrected chi connectivity index (χ2v) is 20.7. The van der Waals surface area contributed by atoms with Crippen LogP contribution in [-0.2, 0) is 20.1 Å². The van der Waals surface area contributed by atoms with Gasteiger partial charge in [-0.1, -0.05) is 154 Å². The Labute approximate surface area is 348 Å². The van der Waals surface area contributed by atoms with Gasteiger partial charge in [-0.3, -0.25) is 0 Å². The van der Waals surface area contributed by atoms with Crippen LogP contribution in [-0.4, -0.2) is 18.0 Å². The average Bonchev–Trinajstić information content (AvgIpc) is 3.58. The third kappa shape index (κ3) is 7.64. The topological polar surface area (TPSA) is 38.9 Å². The smallest absolute Gasteiger partial charge is 0.121 e. The summed E-state index contributed by atoms with van der Waals surface area (Å²) in [5.74, 6) is -1.34. The Hall–Kier alpha value is -5.19. The number of hydrogen-bond acceptors (Lipinski definition) is 3. The van der Waals surface area contributed by atoms with Crippen LogP contribution in [0.5, 0.6) is 0 Å². The molecule has 5 heteroatoms. The van der Waals surface area contributed by atoms with Crippen LogP contribution in [0.15, 0.2) is 144 Å². The summed E-state index contributed by atoms with van der Waals surface area (Å²) in [4.78, 5) is 9.28. The third-order valence-corrected chi connectivity index (χ3v) is 12.3. The number of nitrogens with zero attached hydrogens (tertiary/aromatic N) is 2. The number of furan rings is 1. The molecule has 0 atom stereocenters. The van der Waals surface area contributed by atoms with Gasteiger partial charge in [0.1, 0.15) is 5.58 Å². The molecule has 0 aliphatic carbocycles. The minimum atomic E-state index is -1.50. The predicted octanol–water partition coefficient (Wildman–Crippen LogP) is 13.8. The molecule has 56 heavy (non-hydrogen) atoms. The summed E-state index contributed by atoms with van der Waals surface area (Å²) < 4.78 is 23.6. The van der Waals surface area contributed by atoms with Crippen LogP contribution < -0.4 is 5.19 Å². The number of rotatable bonds is 6. The zero-order valence-corrected chi connectivity index (χ0v) is 36.3. The maximum atomic E-state index is 8.52. The van der Waals surface area contributed by atoms with Gasteiger partial charge < -0.3 is 14.4 Å². The molecule has 0 spiro atoms. The minimum Gasteiger partial charge on any atom is -0.501 e. The van der Waals surface area contributed by atoms with E-state index in [0.717, 1.165) is 66.7 Å². The Morgan fingerprint density at radius 2 is 1.43 bits per heavy atom. The molecule has 3 nitrogen and oxygen atoms in total. The van der Waals surface area contributed by atoms with Gasteiger partial charge in [-0.15, -0.1) is 48.0 Å². The van der Waals surface area contributed by atoms with Crippen LogP contribution in [0.2, 0.25) is 19.6 Å². The zero-order chi connectivity index (χ0) is 40.1. The largest absolute Gasteiger partial charge is 0.501 e. The Morgan fingerprint density at radius 3 is 2.16 bits per heavy atom. The first-order chi connectivity index (χ1) is 27.2. The molecule has 0 bridgehead atoms. The summed E-state index contributed by atoms with van der Waals surface area (Å²) in [7, 11) is -1.50. The number of hydrogen-bond donors (Lipinski definition) is 0. The summed E-state index contributed by atoms with van der Waals surface area (Å²) in [6.07, 6.45) is 3.75. The van der Waals surface area contributed by atoms with Crippen molar-refractivity contribution in [1.29, 1.82) is 0 Å². The Kier molecular flexibility index (Phi) is 10.5. The van der Waals surface area contributed by atoms with E-state index >= 15 is 0 Å². The fourth-order valence-electron chi connectivity index (χ4n) is 7.40. The van der Waals surface area contributed by atoms with Gasteiger partial charge in [0.05, 0.1) is 13.7 Å². The molecule has 281 valence electrons. The molecular weight excluding hydrogens is 877 g/mol.